The molecule has 6 heteroatoms. The Balaban J connectivity index is 2.08. The maximum absolute atomic E-state index is 12.5. The molecule has 0 saturated heterocycles. The first-order chi connectivity index (χ1) is 12.1. The Bertz CT molecular complexity index is 744. The summed E-state index contributed by atoms with van der Waals surface area (Å²) in [5.74, 6) is 0.436. The van der Waals surface area contributed by atoms with Crippen molar-refractivity contribution >= 4 is 17.6 Å². The molecule has 25 heavy (non-hydrogen) atoms. The van der Waals surface area contributed by atoms with Gasteiger partial charge in [-0.15, -0.1) is 0 Å². The highest BCUT2D eigenvalue weighted by atomic mass is 16.5. The van der Waals surface area contributed by atoms with Crippen LogP contribution < -0.4 is 14.8 Å². The number of methoxy groups -OCH3 is 2. The number of esters is 1. The molecule has 1 amide bonds. The molecule has 6 nitrogen and oxygen atoms in total. The van der Waals surface area contributed by atoms with Gasteiger partial charge in [-0.1, -0.05) is 19.1 Å². The molecule has 2 aromatic carbocycles. The predicted molar refractivity (Wildman–Crippen MR) is 94.1 cm³/mol. The number of nitrogens with one attached hydrogen (secondary N) is 1. The number of hydrogen-bond acceptors (Lipinski definition) is 5. The van der Waals surface area contributed by atoms with E-state index in [-0.39, 0.29) is 5.91 Å². The van der Waals surface area contributed by atoms with Crippen LogP contribution in [0.4, 0.5) is 5.69 Å². The Labute approximate surface area is 146 Å². The maximum Gasteiger partial charge on any atom is 0.337 e. The number of ether oxygens (including phenoxy) is 3. The largest absolute Gasteiger partial charge is 0.497 e. The molecule has 0 aliphatic heterocycles. The van der Waals surface area contributed by atoms with E-state index in [1.54, 1.807) is 55.6 Å². The van der Waals surface area contributed by atoms with Crippen LogP contribution in [0.3, 0.4) is 0 Å². The molecule has 132 valence electrons. The molecule has 1 atom stereocenters. The smallest absolute Gasteiger partial charge is 0.337 e. The zero-order chi connectivity index (χ0) is 18.2. The minimum absolute atomic E-state index is 0.299. The van der Waals surface area contributed by atoms with Gasteiger partial charge in [-0.2, -0.15) is 0 Å². The third-order valence-corrected chi connectivity index (χ3v) is 3.53. The molecule has 0 aliphatic carbocycles. The summed E-state index contributed by atoms with van der Waals surface area (Å²) in [5.41, 5.74) is 0.864. The lowest BCUT2D eigenvalue weighted by atomic mass is 10.2. The molecule has 0 radical (unpaired) electrons. The van der Waals surface area contributed by atoms with Crippen molar-refractivity contribution in [2.24, 2.45) is 0 Å². The van der Waals surface area contributed by atoms with Crippen molar-refractivity contribution in [2.45, 2.75) is 19.4 Å². The Morgan fingerprint density at radius 1 is 1.04 bits per heavy atom. The van der Waals surface area contributed by atoms with Crippen molar-refractivity contribution < 1.29 is 23.8 Å². The van der Waals surface area contributed by atoms with E-state index in [0.29, 0.717) is 29.2 Å². The fourth-order valence-electron chi connectivity index (χ4n) is 2.23. The minimum atomic E-state index is -0.672. The van der Waals surface area contributed by atoms with Crippen molar-refractivity contribution in [1.82, 2.24) is 0 Å². The van der Waals surface area contributed by atoms with E-state index in [9.17, 15) is 9.59 Å². The first kappa shape index (κ1) is 18.3. The average Bonchev–Trinajstić information content (AvgIpc) is 2.65. The van der Waals surface area contributed by atoms with Crippen LogP contribution in [-0.2, 0) is 9.53 Å². The van der Waals surface area contributed by atoms with E-state index in [2.05, 4.69) is 10.1 Å². The molecule has 0 unspecified atom stereocenters. The number of rotatable bonds is 7. The molecule has 0 bridgehead atoms. The second kappa shape index (κ2) is 8.73. The first-order valence-corrected chi connectivity index (χ1v) is 7.87. The first-order valence-electron chi connectivity index (χ1n) is 7.87. The van der Waals surface area contributed by atoms with Crippen molar-refractivity contribution in [2.75, 3.05) is 19.5 Å². The molecular formula is C19H21NO5. The summed E-state index contributed by atoms with van der Waals surface area (Å²) < 4.78 is 15.6. The topological polar surface area (TPSA) is 73.9 Å². The highest BCUT2D eigenvalue weighted by molar-refractivity contribution is 5.96. The summed E-state index contributed by atoms with van der Waals surface area (Å²) >= 11 is 0. The third-order valence-electron chi connectivity index (χ3n) is 3.53. The van der Waals surface area contributed by atoms with Gasteiger partial charge in [0.1, 0.15) is 11.5 Å². The number of amides is 1. The monoisotopic (exact) mass is 343 g/mol. The van der Waals surface area contributed by atoms with E-state index in [0.717, 1.165) is 0 Å². The normalized spacial score (nSPS) is 11.3. The summed E-state index contributed by atoms with van der Waals surface area (Å²) in [7, 11) is 2.88. The summed E-state index contributed by atoms with van der Waals surface area (Å²) in [6, 6.07) is 13.6. The zero-order valence-electron chi connectivity index (χ0n) is 14.4. The van der Waals surface area contributed by atoms with Crippen molar-refractivity contribution in [3.8, 4) is 11.5 Å². The van der Waals surface area contributed by atoms with Crippen molar-refractivity contribution in [3.63, 3.8) is 0 Å². The Morgan fingerprint density at radius 3 is 2.44 bits per heavy atom. The highest BCUT2D eigenvalue weighted by Gasteiger charge is 2.19. The molecule has 0 heterocycles. The van der Waals surface area contributed by atoms with Crippen molar-refractivity contribution in [3.05, 3.63) is 54.1 Å². The van der Waals surface area contributed by atoms with E-state index < -0.39 is 12.1 Å². The second-order valence-electron chi connectivity index (χ2n) is 5.26. The zero-order valence-corrected chi connectivity index (χ0v) is 14.4. The van der Waals surface area contributed by atoms with Gasteiger partial charge in [0.05, 0.1) is 19.8 Å². The summed E-state index contributed by atoms with van der Waals surface area (Å²) in [6.45, 7) is 1.86. The van der Waals surface area contributed by atoms with Crippen LogP contribution in [0.5, 0.6) is 11.5 Å². The lowest BCUT2D eigenvalue weighted by Crippen LogP contribution is -2.32. The number of hydrogen-bond donors (Lipinski definition) is 1. The van der Waals surface area contributed by atoms with Gasteiger partial charge in [0.15, 0.2) is 6.10 Å². The van der Waals surface area contributed by atoms with Crippen LogP contribution in [0.25, 0.3) is 0 Å². The molecular weight excluding hydrogens is 322 g/mol. The molecule has 2 rings (SSSR count). The molecule has 0 spiro atoms. The molecule has 0 saturated carbocycles. The van der Waals surface area contributed by atoms with Gasteiger partial charge in [0, 0.05) is 11.8 Å². The fraction of sp³-hybridized carbons (Fsp3) is 0.263. The van der Waals surface area contributed by atoms with Gasteiger partial charge in [-0.05, 0) is 36.8 Å². The van der Waals surface area contributed by atoms with E-state index >= 15 is 0 Å². The van der Waals surface area contributed by atoms with Crippen LogP contribution in [0, 0.1) is 0 Å². The fourth-order valence-corrected chi connectivity index (χ4v) is 2.23. The van der Waals surface area contributed by atoms with Crippen LogP contribution >= 0.6 is 0 Å². The summed E-state index contributed by atoms with van der Waals surface area (Å²) in [4.78, 5) is 24.0. The van der Waals surface area contributed by atoms with Gasteiger partial charge in [0.25, 0.3) is 5.91 Å². The Hall–Kier alpha value is -3.02. The molecule has 0 aromatic heterocycles. The number of carbonyl (C=O) groups excluding carboxylic acids is 2. The second-order valence-corrected chi connectivity index (χ2v) is 5.26. The standard InChI is InChI=1S/C19H21NO5/c1-4-17(25-16-10-6-9-15(12-16)23-2)18(21)20-14-8-5-7-13(11-14)19(22)24-3/h5-12,17H,4H2,1-3H3,(H,20,21)/t17-/m0/s1. The lowest BCUT2D eigenvalue weighted by Gasteiger charge is -2.18. The molecule has 0 fully saturated rings. The van der Waals surface area contributed by atoms with Gasteiger partial charge in [-0.3, -0.25) is 4.79 Å². The molecule has 0 aliphatic rings. The third kappa shape index (κ3) is 4.97. The van der Waals surface area contributed by atoms with Gasteiger partial charge < -0.3 is 19.5 Å². The summed E-state index contributed by atoms with van der Waals surface area (Å²) in [6.07, 6.45) is -0.186. The summed E-state index contributed by atoms with van der Waals surface area (Å²) in [5, 5.41) is 2.76. The molecule has 2 aromatic rings. The van der Waals surface area contributed by atoms with Crippen LogP contribution in [0.15, 0.2) is 48.5 Å². The number of benzene rings is 2. The Morgan fingerprint density at radius 2 is 1.76 bits per heavy atom. The van der Waals surface area contributed by atoms with E-state index in [1.807, 2.05) is 6.92 Å². The maximum atomic E-state index is 12.5. The van der Waals surface area contributed by atoms with E-state index in [4.69, 9.17) is 9.47 Å². The minimum Gasteiger partial charge on any atom is -0.497 e. The van der Waals surface area contributed by atoms with Gasteiger partial charge >= 0.3 is 5.97 Å². The van der Waals surface area contributed by atoms with Crippen LogP contribution in [0.2, 0.25) is 0 Å². The Kier molecular flexibility index (Phi) is 6.39. The number of carbonyl (C=O) groups is 2. The van der Waals surface area contributed by atoms with Gasteiger partial charge in [0.2, 0.25) is 0 Å². The van der Waals surface area contributed by atoms with Crippen LogP contribution in [-0.4, -0.2) is 32.2 Å². The van der Waals surface area contributed by atoms with E-state index in [1.165, 1.54) is 7.11 Å². The SMILES string of the molecule is CC[C@H](Oc1cccc(OC)c1)C(=O)Nc1cccc(C(=O)OC)c1. The quantitative estimate of drug-likeness (QED) is 0.781. The predicted octanol–water partition coefficient (Wildman–Crippen LogP) is 3.28. The van der Waals surface area contributed by atoms with Crippen LogP contribution in [0.1, 0.15) is 23.7 Å². The average molecular weight is 343 g/mol. The molecule has 1 N–H and O–H groups in total. The highest BCUT2D eigenvalue weighted by Crippen LogP contribution is 2.21. The van der Waals surface area contributed by atoms with Crippen molar-refractivity contribution in [1.29, 1.82) is 0 Å². The van der Waals surface area contributed by atoms with Gasteiger partial charge in [-0.25, -0.2) is 4.79 Å². The lowest BCUT2D eigenvalue weighted by molar-refractivity contribution is -0.122. The number of anilines is 1.